The third-order valence-corrected chi connectivity index (χ3v) is 7.70. The molecule has 1 atom stereocenters. The van der Waals surface area contributed by atoms with Crippen LogP contribution in [0.4, 0.5) is 5.00 Å². The van der Waals surface area contributed by atoms with Crippen LogP contribution in [0.1, 0.15) is 0 Å². The minimum absolute atomic E-state index is 0.0305. The molecule has 1 aliphatic heterocycles. The maximum Gasteiger partial charge on any atom is 0.246 e. The predicted molar refractivity (Wildman–Crippen MR) is 138 cm³/mol. The van der Waals surface area contributed by atoms with Gasteiger partial charge in [0.1, 0.15) is 10.8 Å². The van der Waals surface area contributed by atoms with Gasteiger partial charge in [-0.3, -0.25) is 4.79 Å². The summed E-state index contributed by atoms with van der Waals surface area (Å²) in [6.07, 6.45) is 1.37. The number of aromatic nitrogens is 1. The highest BCUT2D eigenvalue weighted by Gasteiger charge is 2.24. The fraction of sp³-hybridized carbons (Fsp3) is 0.167. The van der Waals surface area contributed by atoms with Gasteiger partial charge in [-0.25, -0.2) is 0 Å². The molecule has 0 spiro atoms. The summed E-state index contributed by atoms with van der Waals surface area (Å²) in [5.74, 6) is 0.169. The zero-order valence-corrected chi connectivity index (χ0v) is 19.9. The lowest BCUT2D eigenvalue weighted by Crippen LogP contribution is -2.48. The number of benzene rings is 3. The molecule has 3 aromatic carbocycles. The van der Waals surface area contributed by atoms with Gasteiger partial charge in [0, 0.05) is 47.5 Å². The highest BCUT2D eigenvalue weighted by atomic mass is 35.5. The van der Waals surface area contributed by atoms with Crippen LogP contribution in [0.5, 0.6) is 5.75 Å². The zero-order chi connectivity index (χ0) is 22.4. The Labute approximate surface area is 197 Å². The Bertz CT molecular complexity index is 1380. The summed E-state index contributed by atoms with van der Waals surface area (Å²) in [5.41, 5.74) is 2.62. The molecule has 1 aromatic heterocycles. The monoisotopic (exact) mass is 481 g/mol. The molecule has 1 fully saturated rings. The second-order valence-electron chi connectivity index (χ2n) is 7.76. The lowest BCUT2D eigenvalue weighted by molar-refractivity contribution is -0.126. The number of fused-ring (bicyclic) bond motifs is 2. The molecule has 0 bridgehead atoms. The molecule has 1 saturated heterocycles. The van der Waals surface area contributed by atoms with Crippen molar-refractivity contribution in [3.63, 3.8) is 0 Å². The average Bonchev–Trinajstić information content (AvgIpc) is 3.22. The van der Waals surface area contributed by atoms with Crippen LogP contribution in [0.3, 0.4) is 0 Å². The average molecular weight is 482 g/mol. The molecule has 5 nitrogen and oxygen atoms in total. The summed E-state index contributed by atoms with van der Waals surface area (Å²) in [4.78, 5) is 16.0. The number of phenolic OH excluding ortho intramolecular Hbond substituents is 1. The van der Waals surface area contributed by atoms with E-state index < -0.39 is 0 Å². The van der Waals surface area contributed by atoms with Crippen LogP contribution in [0.25, 0.3) is 32.8 Å². The third-order valence-electron chi connectivity index (χ3n) is 5.91. The smallest absolute Gasteiger partial charge is 0.246 e. The molecule has 1 aliphatic rings. The van der Waals surface area contributed by atoms with Crippen LogP contribution in [0, 0.1) is 0 Å². The maximum atomic E-state index is 11.9. The van der Waals surface area contributed by atoms with E-state index in [-0.39, 0.29) is 11.7 Å². The predicted octanol–water partition coefficient (Wildman–Crippen LogP) is 4.81. The Morgan fingerprint density at radius 2 is 1.91 bits per heavy atom. The van der Waals surface area contributed by atoms with Crippen molar-refractivity contribution in [3.8, 4) is 16.9 Å². The summed E-state index contributed by atoms with van der Waals surface area (Å²) in [7, 11) is 2.80. The summed E-state index contributed by atoms with van der Waals surface area (Å²) in [6, 6.07) is 13.4. The van der Waals surface area contributed by atoms with Crippen molar-refractivity contribution in [2.24, 2.45) is 0 Å². The van der Waals surface area contributed by atoms with Gasteiger partial charge in [0.25, 0.3) is 0 Å². The number of aromatic hydroxyl groups is 1. The van der Waals surface area contributed by atoms with Gasteiger partial charge in [-0.1, -0.05) is 42.4 Å². The third kappa shape index (κ3) is 3.53. The largest absolute Gasteiger partial charge is 0.508 e. The molecule has 4 aromatic rings. The number of hydrogen-bond acceptors (Lipinski definition) is 5. The Kier molecular flexibility index (Phi) is 5.54. The molecule has 0 aliphatic carbocycles. The van der Waals surface area contributed by atoms with E-state index in [1.54, 1.807) is 12.1 Å². The van der Waals surface area contributed by atoms with Gasteiger partial charge in [0.05, 0.1) is 5.52 Å². The quantitative estimate of drug-likeness (QED) is 0.337. The fourth-order valence-electron chi connectivity index (χ4n) is 4.32. The zero-order valence-electron chi connectivity index (χ0n) is 17.2. The number of piperazine rings is 1. The van der Waals surface area contributed by atoms with Crippen molar-refractivity contribution in [2.75, 3.05) is 31.1 Å². The Hall–Kier alpha value is -2.66. The molecule has 32 heavy (non-hydrogen) atoms. The van der Waals surface area contributed by atoms with Crippen molar-refractivity contribution in [1.82, 2.24) is 9.27 Å². The van der Waals surface area contributed by atoms with Crippen molar-refractivity contribution < 1.29 is 9.90 Å². The SMILES string of the molecule is C=CC(=O)N1CCN(c2snc3c(P)c(-c4cc(O)cc5ccccc45)c(Cl)cc23)CC1. The molecular weight excluding hydrogens is 461 g/mol. The standard InChI is InChI=1S/C24H21ClN3O2PS/c1-2-20(30)27-7-9-28(10-8-27)24-18-13-19(25)21(23(31)22(18)26-32-24)17-12-15(29)11-14-5-3-4-6-16(14)17/h2-6,11-13,29H,1,7-10,31H2. The normalized spacial score (nSPS) is 14.3. The van der Waals surface area contributed by atoms with Crippen LogP contribution >= 0.6 is 32.4 Å². The number of carbonyl (C=O) groups excluding carboxylic acids is 1. The number of hydrogen-bond donors (Lipinski definition) is 1. The number of halogens is 1. The number of nitrogens with zero attached hydrogens (tertiary/aromatic N) is 3. The van der Waals surface area contributed by atoms with Gasteiger partial charge in [-0.15, -0.1) is 9.24 Å². The summed E-state index contributed by atoms with van der Waals surface area (Å²) in [6.45, 7) is 6.35. The van der Waals surface area contributed by atoms with Crippen LogP contribution < -0.4 is 10.2 Å². The molecule has 5 rings (SSSR count). The van der Waals surface area contributed by atoms with Crippen molar-refractivity contribution in [3.05, 3.63) is 60.1 Å². The van der Waals surface area contributed by atoms with Crippen LogP contribution in [-0.4, -0.2) is 46.5 Å². The number of amides is 1. The van der Waals surface area contributed by atoms with E-state index in [0.29, 0.717) is 18.1 Å². The number of carbonyl (C=O) groups is 1. The molecule has 8 heteroatoms. The topological polar surface area (TPSA) is 56.7 Å². The molecule has 162 valence electrons. The molecule has 1 amide bonds. The summed E-state index contributed by atoms with van der Waals surface area (Å²) < 4.78 is 4.75. The van der Waals surface area contributed by atoms with E-state index in [0.717, 1.165) is 56.2 Å². The lowest BCUT2D eigenvalue weighted by atomic mass is 9.96. The van der Waals surface area contributed by atoms with E-state index in [1.807, 2.05) is 35.2 Å². The molecule has 2 heterocycles. The minimum atomic E-state index is -0.0305. The van der Waals surface area contributed by atoms with Gasteiger partial charge in [0.15, 0.2) is 0 Å². The first kappa shape index (κ1) is 21.2. The van der Waals surface area contributed by atoms with Crippen molar-refractivity contribution in [1.29, 1.82) is 0 Å². The second kappa shape index (κ2) is 8.36. The van der Waals surface area contributed by atoms with E-state index in [2.05, 4.69) is 20.7 Å². The highest BCUT2D eigenvalue weighted by molar-refractivity contribution is 7.29. The lowest BCUT2D eigenvalue weighted by Gasteiger charge is -2.34. The Balaban J connectivity index is 1.58. The fourth-order valence-corrected chi connectivity index (χ4v) is 6.28. The maximum absolute atomic E-state index is 11.9. The Morgan fingerprint density at radius 1 is 1.16 bits per heavy atom. The van der Waals surface area contributed by atoms with E-state index in [1.165, 1.54) is 17.6 Å². The van der Waals surface area contributed by atoms with Gasteiger partial charge < -0.3 is 14.9 Å². The van der Waals surface area contributed by atoms with Gasteiger partial charge in [0.2, 0.25) is 5.91 Å². The molecule has 0 saturated carbocycles. The first-order valence-electron chi connectivity index (χ1n) is 10.2. The molecule has 1 N–H and O–H groups in total. The van der Waals surface area contributed by atoms with Gasteiger partial charge in [-0.05, 0) is 52.1 Å². The van der Waals surface area contributed by atoms with Crippen LogP contribution in [-0.2, 0) is 4.79 Å². The van der Waals surface area contributed by atoms with Crippen molar-refractivity contribution >= 4 is 70.3 Å². The van der Waals surface area contributed by atoms with E-state index >= 15 is 0 Å². The summed E-state index contributed by atoms with van der Waals surface area (Å²) >= 11 is 8.30. The Morgan fingerprint density at radius 3 is 2.66 bits per heavy atom. The minimum Gasteiger partial charge on any atom is -0.508 e. The number of anilines is 1. The second-order valence-corrected chi connectivity index (χ2v) is 9.50. The van der Waals surface area contributed by atoms with Gasteiger partial charge >= 0.3 is 0 Å². The van der Waals surface area contributed by atoms with Crippen molar-refractivity contribution in [2.45, 2.75) is 0 Å². The first-order valence-corrected chi connectivity index (χ1v) is 12.0. The van der Waals surface area contributed by atoms with E-state index in [4.69, 9.17) is 16.0 Å². The highest BCUT2D eigenvalue weighted by Crippen LogP contribution is 2.41. The first-order chi connectivity index (χ1) is 15.5. The van der Waals surface area contributed by atoms with Gasteiger partial charge in [-0.2, -0.15) is 4.37 Å². The van der Waals surface area contributed by atoms with Crippen LogP contribution in [0.15, 0.2) is 55.1 Å². The van der Waals surface area contributed by atoms with Crippen LogP contribution in [0.2, 0.25) is 5.02 Å². The number of phenols is 1. The molecular formula is C24H21ClN3O2PS. The number of rotatable bonds is 3. The van der Waals surface area contributed by atoms with E-state index in [9.17, 15) is 9.90 Å². The molecule has 0 radical (unpaired) electrons. The molecule has 1 unspecified atom stereocenters. The summed E-state index contributed by atoms with van der Waals surface area (Å²) in [5, 5.41) is 15.9.